The van der Waals surface area contributed by atoms with E-state index in [1.165, 1.54) is 0 Å². The van der Waals surface area contributed by atoms with Crippen LogP contribution in [0.2, 0.25) is 0 Å². The highest BCUT2D eigenvalue weighted by Crippen LogP contribution is 2.13. The molecule has 2 atom stereocenters. The lowest BCUT2D eigenvalue weighted by molar-refractivity contribution is -0.192. The minimum Gasteiger partial charge on any atom is -0.480 e. The lowest BCUT2D eigenvalue weighted by atomic mass is 10.1. The van der Waals surface area contributed by atoms with Gasteiger partial charge in [0, 0.05) is 30.9 Å². The smallest absolute Gasteiger partial charge is 0.480 e. The summed E-state index contributed by atoms with van der Waals surface area (Å²) >= 11 is 0. The molecule has 27 heavy (non-hydrogen) atoms. The first kappa shape index (κ1) is 24.6. The number of anilines is 1. The topological polar surface area (TPSA) is 151 Å². The van der Waals surface area contributed by atoms with Gasteiger partial charge in [0.15, 0.2) is 0 Å². The quantitative estimate of drug-likeness (QED) is 0.330. The summed E-state index contributed by atoms with van der Waals surface area (Å²) in [5.41, 5.74) is 13.2. The van der Waals surface area contributed by atoms with Crippen molar-refractivity contribution in [1.82, 2.24) is 10.6 Å². The second-order valence-electron chi connectivity index (χ2n) is 5.86. The molecular formula is C16H25F3N4O4. The lowest BCUT2D eigenvalue weighted by Crippen LogP contribution is -2.44. The minimum absolute atomic E-state index is 0.0356. The number of aliphatic carboxylic acids is 2. The molecule has 0 fully saturated rings. The summed E-state index contributed by atoms with van der Waals surface area (Å²) in [5, 5.41) is 22.1. The molecule has 8 N–H and O–H groups in total. The second-order valence-corrected chi connectivity index (χ2v) is 5.86. The normalized spacial score (nSPS) is 13.2. The lowest BCUT2D eigenvalue weighted by Gasteiger charge is -2.19. The molecule has 0 heterocycles. The zero-order valence-corrected chi connectivity index (χ0v) is 14.8. The van der Waals surface area contributed by atoms with E-state index in [0.717, 1.165) is 17.7 Å². The maximum atomic E-state index is 10.7. The number of nitrogens with two attached hydrogens (primary N) is 2. The van der Waals surface area contributed by atoms with Crippen molar-refractivity contribution in [2.45, 2.75) is 31.6 Å². The molecule has 0 aromatic heterocycles. The van der Waals surface area contributed by atoms with Gasteiger partial charge in [0.25, 0.3) is 0 Å². The van der Waals surface area contributed by atoms with Gasteiger partial charge < -0.3 is 32.3 Å². The average Bonchev–Trinajstić information content (AvgIpc) is 2.53. The number of nitrogen functional groups attached to an aromatic ring is 1. The van der Waals surface area contributed by atoms with Crippen molar-refractivity contribution in [2.24, 2.45) is 5.73 Å². The summed E-state index contributed by atoms with van der Waals surface area (Å²) in [6.07, 6.45) is -4.35. The van der Waals surface area contributed by atoms with Crippen molar-refractivity contribution < 1.29 is 33.0 Å². The molecule has 1 aromatic rings. The Kier molecular flexibility index (Phi) is 11.0. The van der Waals surface area contributed by atoms with Gasteiger partial charge in [-0.2, -0.15) is 13.2 Å². The molecule has 0 amide bonds. The van der Waals surface area contributed by atoms with E-state index in [1.54, 1.807) is 0 Å². The van der Waals surface area contributed by atoms with E-state index in [9.17, 15) is 18.0 Å². The highest BCUT2D eigenvalue weighted by Gasteiger charge is 2.38. The van der Waals surface area contributed by atoms with Crippen molar-refractivity contribution in [3.63, 3.8) is 0 Å². The van der Waals surface area contributed by atoms with Crippen LogP contribution in [0.3, 0.4) is 0 Å². The summed E-state index contributed by atoms with van der Waals surface area (Å²) in [6, 6.07) is 7.71. The van der Waals surface area contributed by atoms with Crippen LogP contribution in [0, 0.1) is 0 Å². The fourth-order valence-electron chi connectivity index (χ4n) is 1.87. The van der Waals surface area contributed by atoms with Crippen LogP contribution >= 0.6 is 0 Å². The van der Waals surface area contributed by atoms with E-state index in [1.807, 2.05) is 31.2 Å². The number of nitrogens with one attached hydrogen (secondary N) is 2. The standard InChI is InChI=1S/C14H24N4O2.C2HF3O2/c1-10(15)7-17-8-13(18-9-14(19)20)6-11-2-4-12(16)5-3-11;3-2(4,5)1(6)7/h2-5,10,13,17-18H,6-9,15-16H2,1H3,(H,19,20);(H,6,7). The molecule has 0 bridgehead atoms. The predicted octanol–water partition coefficient (Wildman–Crippen LogP) is 0.424. The van der Waals surface area contributed by atoms with Gasteiger partial charge in [0.1, 0.15) is 0 Å². The first-order chi connectivity index (χ1) is 12.4. The van der Waals surface area contributed by atoms with Gasteiger partial charge in [-0.15, -0.1) is 0 Å². The summed E-state index contributed by atoms with van der Waals surface area (Å²) in [5.74, 6) is -3.62. The van der Waals surface area contributed by atoms with Gasteiger partial charge in [-0.25, -0.2) is 4.79 Å². The van der Waals surface area contributed by atoms with E-state index < -0.39 is 18.1 Å². The maximum absolute atomic E-state index is 10.7. The molecule has 8 nitrogen and oxygen atoms in total. The number of carboxylic acid groups (broad SMARTS) is 2. The molecule has 0 saturated heterocycles. The van der Waals surface area contributed by atoms with E-state index in [-0.39, 0.29) is 18.6 Å². The van der Waals surface area contributed by atoms with Crippen LogP contribution in [0.4, 0.5) is 18.9 Å². The zero-order chi connectivity index (χ0) is 21.0. The third-order valence-corrected chi connectivity index (χ3v) is 3.10. The molecule has 0 aliphatic rings. The summed E-state index contributed by atoms with van der Waals surface area (Å²) in [4.78, 5) is 19.6. The van der Waals surface area contributed by atoms with Gasteiger partial charge in [0.2, 0.25) is 0 Å². The molecule has 11 heteroatoms. The van der Waals surface area contributed by atoms with Crippen molar-refractivity contribution in [3.8, 4) is 0 Å². The minimum atomic E-state index is -5.08. The number of halogens is 3. The third-order valence-electron chi connectivity index (χ3n) is 3.10. The molecule has 0 aliphatic carbocycles. The zero-order valence-electron chi connectivity index (χ0n) is 14.8. The van der Waals surface area contributed by atoms with Crippen LogP contribution in [0.5, 0.6) is 0 Å². The SMILES string of the molecule is CC(N)CNCC(Cc1ccc(N)cc1)NCC(=O)O.O=C(O)C(F)(F)F. The third kappa shape index (κ3) is 13.5. The number of carbonyl (C=O) groups is 2. The van der Waals surface area contributed by atoms with E-state index in [0.29, 0.717) is 13.1 Å². The molecule has 0 spiro atoms. The molecular weight excluding hydrogens is 369 g/mol. The molecule has 0 radical (unpaired) electrons. The summed E-state index contributed by atoms with van der Waals surface area (Å²) < 4.78 is 31.7. The van der Waals surface area contributed by atoms with Crippen LogP contribution in [0.1, 0.15) is 12.5 Å². The molecule has 154 valence electrons. The van der Waals surface area contributed by atoms with E-state index in [4.69, 9.17) is 26.5 Å². The van der Waals surface area contributed by atoms with Crippen molar-refractivity contribution in [3.05, 3.63) is 29.8 Å². The molecule has 1 aromatic carbocycles. The first-order valence-electron chi connectivity index (χ1n) is 7.97. The fourth-order valence-corrected chi connectivity index (χ4v) is 1.87. The van der Waals surface area contributed by atoms with Gasteiger partial charge in [-0.3, -0.25) is 4.79 Å². The van der Waals surface area contributed by atoms with Crippen molar-refractivity contribution in [1.29, 1.82) is 0 Å². The molecule has 1 rings (SSSR count). The number of hydrogen-bond donors (Lipinski definition) is 6. The Morgan fingerprint density at radius 1 is 1.15 bits per heavy atom. The highest BCUT2D eigenvalue weighted by atomic mass is 19.4. The Balaban J connectivity index is 0.000000821. The van der Waals surface area contributed by atoms with Crippen molar-refractivity contribution >= 4 is 17.6 Å². The first-order valence-corrected chi connectivity index (χ1v) is 7.97. The fraction of sp³-hybridized carbons (Fsp3) is 0.500. The van der Waals surface area contributed by atoms with Crippen molar-refractivity contribution in [2.75, 3.05) is 25.4 Å². The molecule has 0 aliphatic heterocycles. The number of rotatable bonds is 9. The van der Waals surface area contributed by atoms with Crippen LogP contribution in [-0.2, 0) is 16.0 Å². The Morgan fingerprint density at radius 2 is 1.67 bits per heavy atom. The maximum Gasteiger partial charge on any atom is 0.490 e. The van der Waals surface area contributed by atoms with Gasteiger partial charge in [0.05, 0.1) is 6.54 Å². The van der Waals surface area contributed by atoms with Gasteiger partial charge in [-0.05, 0) is 31.0 Å². The van der Waals surface area contributed by atoms with Crippen LogP contribution in [0.25, 0.3) is 0 Å². The van der Waals surface area contributed by atoms with Crippen LogP contribution in [-0.4, -0.2) is 60.0 Å². The molecule has 0 saturated carbocycles. The van der Waals surface area contributed by atoms with Gasteiger partial charge in [-0.1, -0.05) is 12.1 Å². The Morgan fingerprint density at radius 3 is 2.07 bits per heavy atom. The van der Waals surface area contributed by atoms with Crippen LogP contribution < -0.4 is 22.1 Å². The van der Waals surface area contributed by atoms with Crippen LogP contribution in [0.15, 0.2) is 24.3 Å². The predicted molar refractivity (Wildman–Crippen MR) is 94.2 cm³/mol. The number of alkyl halides is 3. The van der Waals surface area contributed by atoms with Gasteiger partial charge >= 0.3 is 18.1 Å². The number of carboxylic acids is 2. The summed E-state index contributed by atoms with van der Waals surface area (Å²) in [7, 11) is 0. The number of hydrogen-bond acceptors (Lipinski definition) is 6. The second kappa shape index (κ2) is 12.1. The average molecular weight is 394 g/mol. The Hall–Kier alpha value is -2.37. The Bertz CT molecular complexity index is 580. The number of benzene rings is 1. The largest absolute Gasteiger partial charge is 0.490 e. The Labute approximate surface area is 154 Å². The molecule has 2 unspecified atom stereocenters. The summed E-state index contributed by atoms with van der Waals surface area (Å²) in [6.45, 7) is 3.23. The van der Waals surface area contributed by atoms with E-state index in [2.05, 4.69) is 10.6 Å². The highest BCUT2D eigenvalue weighted by molar-refractivity contribution is 5.73. The van der Waals surface area contributed by atoms with E-state index >= 15 is 0 Å². The monoisotopic (exact) mass is 394 g/mol.